The third-order valence-corrected chi connectivity index (χ3v) is 3.53. The molecule has 0 spiro atoms. The minimum Gasteiger partial charge on any atom is -0.494 e. The summed E-state index contributed by atoms with van der Waals surface area (Å²) in [4.78, 5) is 33.2. The molecule has 120 valence electrons. The van der Waals surface area contributed by atoms with Gasteiger partial charge in [0, 0.05) is 6.54 Å². The maximum absolute atomic E-state index is 12.4. The molecule has 0 saturated heterocycles. The van der Waals surface area contributed by atoms with Gasteiger partial charge in [-0.25, -0.2) is 4.98 Å². The molecule has 0 aliphatic carbocycles. The molecular formula is C16H17N3O4. The lowest BCUT2D eigenvalue weighted by atomic mass is 10.2. The number of para-hydroxylation sites is 1. The molecule has 0 fully saturated rings. The van der Waals surface area contributed by atoms with Crippen LogP contribution in [0.4, 0.5) is 0 Å². The number of benzene rings is 1. The average Bonchev–Trinajstić information content (AvgIpc) is 2.60. The van der Waals surface area contributed by atoms with Gasteiger partial charge in [-0.3, -0.25) is 9.59 Å². The van der Waals surface area contributed by atoms with Crippen LogP contribution in [-0.2, 0) is 20.8 Å². The third kappa shape index (κ3) is 3.18. The Morgan fingerprint density at radius 2 is 2.17 bits per heavy atom. The molecule has 7 heteroatoms. The smallest absolute Gasteiger partial charge is 0.292 e. The van der Waals surface area contributed by atoms with Crippen LogP contribution in [0.5, 0.6) is 0 Å². The molecule has 23 heavy (non-hydrogen) atoms. The van der Waals surface area contributed by atoms with Crippen LogP contribution in [0.25, 0.3) is 10.9 Å². The standard InChI is InChI=1S/C16H17N3O4/c1-2-19(16(21)13-10-22-7-8-23-13)9-14-17-12-6-4-3-5-11(12)15(20)18-14/h3-6,10H,2,7-9H2,1H3,(H,17,18,20). The number of aromatic amines is 1. The number of hydrogen-bond donors (Lipinski definition) is 1. The van der Waals surface area contributed by atoms with E-state index in [9.17, 15) is 9.59 Å². The number of carbonyl (C=O) groups is 1. The van der Waals surface area contributed by atoms with Crippen LogP contribution in [0.1, 0.15) is 12.7 Å². The first kappa shape index (κ1) is 15.1. The summed E-state index contributed by atoms with van der Waals surface area (Å²) >= 11 is 0. The summed E-state index contributed by atoms with van der Waals surface area (Å²) in [5.74, 6) is 0.311. The summed E-state index contributed by atoms with van der Waals surface area (Å²) in [6.07, 6.45) is 1.32. The number of nitrogens with zero attached hydrogens (tertiary/aromatic N) is 2. The van der Waals surface area contributed by atoms with E-state index < -0.39 is 0 Å². The first-order valence-corrected chi connectivity index (χ1v) is 7.41. The summed E-state index contributed by atoms with van der Waals surface area (Å²) in [5, 5.41) is 0.525. The van der Waals surface area contributed by atoms with Crippen molar-refractivity contribution in [2.24, 2.45) is 0 Å². The Morgan fingerprint density at radius 3 is 2.91 bits per heavy atom. The summed E-state index contributed by atoms with van der Waals surface area (Å²) in [7, 11) is 0. The van der Waals surface area contributed by atoms with Gasteiger partial charge in [0.05, 0.1) is 17.4 Å². The van der Waals surface area contributed by atoms with Crippen molar-refractivity contribution in [3.05, 3.63) is 52.5 Å². The van der Waals surface area contributed by atoms with Crippen molar-refractivity contribution in [2.45, 2.75) is 13.5 Å². The second-order valence-corrected chi connectivity index (χ2v) is 5.05. The largest absolute Gasteiger partial charge is 0.494 e. The fourth-order valence-corrected chi connectivity index (χ4v) is 2.35. The second kappa shape index (κ2) is 6.51. The Labute approximate surface area is 132 Å². The first-order chi connectivity index (χ1) is 11.2. The van der Waals surface area contributed by atoms with Crippen LogP contribution < -0.4 is 5.56 Å². The Bertz CT molecular complexity index is 812. The predicted molar refractivity (Wildman–Crippen MR) is 83.4 cm³/mol. The molecule has 2 aromatic rings. The van der Waals surface area contributed by atoms with E-state index in [1.54, 1.807) is 18.2 Å². The van der Waals surface area contributed by atoms with Crippen LogP contribution in [0.2, 0.25) is 0 Å². The number of carbonyl (C=O) groups excluding carboxylic acids is 1. The highest BCUT2D eigenvalue weighted by molar-refractivity contribution is 5.91. The van der Waals surface area contributed by atoms with E-state index in [0.29, 0.717) is 36.5 Å². The van der Waals surface area contributed by atoms with Crippen molar-refractivity contribution in [2.75, 3.05) is 19.8 Å². The summed E-state index contributed by atoms with van der Waals surface area (Å²) in [6.45, 7) is 3.27. The molecule has 1 aromatic carbocycles. The maximum Gasteiger partial charge on any atom is 0.292 e. The Kier molecular flexibility index (Phi) is 4.27. The second-order valence-electron chi connectivity index (χ2n) is 5.05. The molecule has 7 nitrogen and oxygen atoms in total. The van der Waals surface area contributed by atoms with Crippen LogP contribution >= 0.6 is 0 Å². The third-order valence-electron chi connectivity index (χ3n) is 3.53. The minimum atomic E-state index is -0.289. The van der Waals surface area contributed by atoms with Crippen LogP contribution in [0.3, 0.4) is 0 Å². The Morgan fingerprint density at radius 1 is 1.35 bits per heavy atom. The number of fused-ring (bicyclic) bond motifs is 1. The van der Waals surface area contributed by atoms with Gasteiger partial charge in [0.1, 0.15) is 25.3 Å². The van der Waals surface area contributed by atoms with Crippen molar-refractivity contribution in [3.63, 3.8) is 0 Å². The summed E-state index contributed by atoms with van der Waals surface area (Å²) < 4.78 is 10.4. The van der Waals surface area contributed by atoms with Gasteiger partial charge in [0.15, 0.2) is 0 Å². The molecule has 3 rings (SSSR count). The molecule has 1 amide bonds. The number of amides is 1. The van der Waals surface area contributed by atoms with Crippen molar-refractivity contribution in [1.29, 1.82) is 0 Å². The van der Waals surface area contributed by atoms with E-state index in [-0.39, 0.29) is 23.8 Å². The molecule has 0 saturated carbocycles. The average molecular weight is 315 g/mol. The van der Waals surface area contributed by atoms with Crippen molar-refractivity contribution in [3.8, 4) is 0 Å². The van der Waals surface area contributed by atoms with Gasteiger partial charge >= 0.3 is 0 Å². The number of hydrogen-bond acceptors (Lipinski definition) is 5. The topological polar surface area (TPSA) is 84.5 Å². The number of H-pyrrole nitrogens is 1. The van der Waals surface area contributed by atoms with E-state index in [0.717, 1.165) is 0 Å². The molecule has 2 heterocycles. The zero-order valence-corrected chi connectivity index (χ0v) is 12.7. The van der Waals surface area contributed by atoms with E-state index in [1.165, 1.54) is 11.2 Å². The van der Waals surface area contributed by atoms with Crippen molar-refractivity contribution in [1.82, 2.24) is 14.9 Å². The zero-order valence-electron chi connectivity index (χ0n) is 12.7. The molecule has 1 aliphatic heterocycles. The number of aromatic nitrogens is 2. The predicted octanol–water partition coefficient (Wildman–Crippen LogP) is 1.16. The molecular weight excluding hydrogens is 298 g/mol. The van der Waals surface area contributed by atoms with E-state index in [1.807, 2.05) is 13.0 Å². The van der Waals surface area contributed by atoms with Gasteiger partial charge < -0.3 is 19.4 Å². The zero-order chi connectivity index (χ0) is 16.2. The molecule has 1 aliphatic rings. The van der Waals surface area contributed by atoms with Crippen LogP contribution in [0, 0.1) is 0 Å². The number of rotatable bonds is 4. The maximum atomic E-state index is 12.4. The van der Waals surface area contributed by atoms with Gasteiger partial charge in [-0.1, -0.05) is 12.1 Å². The highest BCUT2D eigenvalue weighted by Gasteiger charge is 2.22. The molecule has 0 bridgehead atoms. The lowest BCUT2D eigenvalue weighted by Gasteiger charge is -2.23. The van der Waals surface area contributed by atoms with Gasteiger partial charge in [-0.05, 0) is 19.1 Å². The van der Waals surface area contributed by atoms with Crippen LogP contribution in [-0.4, -0.2) is 40.5 Å². The number of likely N-dealkylation sites (N-methyl/N-ethyl adjacent to an activating group) is 1. The van der Waals surface area contributed by atoms with Crippen LogP contribution in [0.15, 0.2) is 41.1 Å². The lowest BCUT2D eigenvalue weighted by molar-refractivity contribution is -0.132. The molecule has 1 N–H and O–H groups in total. The van der Waals surface area contributed by atoms with E-state index in [4.69, 9.17) is 9.47 Å². The van der Waals surface area contributed by atoms with E-state index >= 15 is 0 Å². The minimum absolute atomic E-state index is 0.168. The Balaban J connectivity index is 1.85. The SMILES string of the molecule is CCN(Cc1nc2ccccc2c(=O)[nH]1)C(=O)C1=COCCO1. The van der Waals surface area contributed by atoms with Crippen molar-refractivity contribution < 1.29 is 14.3 Å². The molecule has 0 atom stereocenters. The summed E-state index contributed by atoms with van der Waals surface area (Å²) in [5.41, 5.74) is 0.386. The van der Waals surface area contributed by atoms with E-state index in [2.05, 4.69) is 9.97 Å². The Hall–Kier alpha value is -2.83. The van der Waals surface area contributed by atoms with Gasteiger partial charge in [-0.2, -0.15) is 0 Å². The molecule has 0 unspecified atom stereocenters. The fraction of sp³-hybridized carbons (Fsp3) is 0.312. The lowest BCUT2D eigenvalue weighted by Crippen LogP contribution is -2.34. The van der Waals surface area contributed by atoms with Gasteiger partial charge in [0.25, 0.3) is 11.5 Å². The van der Waals surface area contributed by atoms with Crippen molar-refractivity contribution >= 4 is 16.8 Å². The highest BCUT2D eigenvalue weighted by Crippen LogP contribution is 2.12. The monoisotopic (exact) mass is 315 g/mol. The highest BCUT2D eigenvalue weighted by atomic mass is 16.6. The fourth-order valence-electron chi connectivity index (χ4n) is 2.35. The number of nitrogens with one attached hydrogen (secondary N) is 1. The molecule has 0 radical (unpaired) electrons. The quantitative estimate of drug-likeness (QED) is 0.915. The summed E-state index contributed by atoms with van der Waals surface area (Å²) in [6, 6.07) is 7.09. The van der Waals surface area contributed by atoms with Gasteiger partial charge in [-0.15, -0.1) is 0 Å². The normalized spacial score (nSPS) is 13.9. The van der Waals surface area contributed by atoms with Gasteiger partial charge in [0.2, 0.25) is 5.76 Å². The first-order valence-electron chi connectivity index (χ1n) is 7.41. The molecule has 1 aromatic heterocycles. The number of ether oxygens (including phenoxy) is 2.